The molecule has 5 heteroatoms. The summed E-state index contributed by atoms with van der Waals surface area (Å²) in [5.41, 5.74) is -0.213. The highest BCUT2D eigenvalue weighted by Crippen LogP contribution is 2.36. The van der Waals surface area contributed by atoms with Crippen molar-refractivity contribution in [3.05, 3.63) is 71.3 Å². The van der Waals surface area contributed by atoms with Gasteiger partial charge in [-0.2, -0.15) is 13.2 Å². The molecule has 2 aromatic rings. The average Bonchev–Trinajstić information content (AvgIpc) is 2.52. The molecule has 0 bridgehead atoms. The van der Waals surface area contributed by atoms with Crippen LogP contribution in [0.5, 0.6) is 5.75 Å². The molecular weight excluding hydrogens is 293 g/mol. The second-order valence-electron chi connectivity index (χ2n) is 4.52. The Hall–Kier alpha value is -2.56. The highest BCUT2D eigenvalue weighted by atomic mass is 19.4. The molecular formula is C17H13F3O2. The predicted octanol–water partition coefficient (Wildman–Crippen LogP) is 4.61. The van der Waals surface area contributed by atoms with E-state index in [4.69, 9.17) is 0 Å². The molecule has 22 heavy (non-hydrogen) atoms. The fourth-order valence-corrected chi connectivity index (χ4v) is 1.92. The van der Waals surface area contributed by atoms with Crippen LogP contribution >= 0.6 is 0 Å². The van der Waals surface area contributed by atoms with Crippen molar-refractivity contribution in [1.29, 1.82) is 0 Å². The SMILES string of the molecule is COc1ccc(C(=O)C=Cc2ccccc2)cc1C(F)(F)F. The number of rotatable bonds is 4. The quantitative estimate of drug-likeness (QED) is 0.609. The number of carbonyl (C=O) groups excluding carboxylic acids is 1. The Kier molecular flexibility index (Phi) is 4.65. The third-order valence-corrected chi connectivity index (χ3v) is 3.02. The van der Waals surface area contributed by atoms with E-state index in [1.807, 2.05) is 6.07 Å². The van der Waals surface area contributed by atoms with Gasteiger partial charge >= 0.3 is 6.18 Å². The first-order valence-electron chi connectivity index (χ1n) is 6.44. The number of halogens is 3. The van der Waals surface area contributed by atoms with Gasteiger partial charge in [0.1, 0.15) is 5.75 Å². The summed E-state index contributed by atoms with van der Waals surface area (Å²) in [6.07, 6.45) is -1.78. The highest BCUT2D eigenvalue weighted by molar-refractivity contribution is 6.07. The lowest BCUT2D eigenvalue weighted by Gasteiger charge is -2.12. The van der Waals surface area contributed by atoms with Gasteiger partial charge in [-0.3, -0.25) is 4.79 Å². The van der Waals surface area contributed by atoms with Crippen LogP contribution in [0.15, 0.2) is 54.6 Å². The molecule has 2 nitrogen and oxygen atoms in total. The first-order valence-corrected chi connectivity index (χ1v) is 6.44. The number of allylic oxidation sites excluding steroid dienone is 1. The van der Waals surface area contributed by atoms with Crippen LogP contribution in [0.2, 0.25) is 0 Å². The van der Waals surface area contributed by atoms with Gasteiger partial charge in [-0.1, -0.05) is 36.4 Å². The van der Waals surface area contributed by atoms with E-state index in [2.05, 4.69) is 4.74 Å². The third-order valence-electron chi connectivity index (χ3n) is 3.02. The molecule has 0 saturated heterocycles. The molecule has 0 saturated carbocycles. The fourth-order valence-electron chi connectivity index (χ4n) is 1.92. The van der Waals surface area contributed by atoms with Crippen LogP contribution in [0.4, 0.5) is 13.2 Å². The second-order valence-corrected chi connectivity index (χ2v) is 4.52. The van der Waals surface area contributed by atoms with E-state index in [-0.39, 0.29) is 11.3 Å². The summed E-state index contributed by atoms with van der Waals surface area (Å²) in [4.78, 5) is 12.0. The van der Waals surface area contributed by atoms with Crippen LogP contribution in [0.25, 0.3) is 6.08 Å². The lowest BCUT2D eigenvalue weighted by molar-refractivity contribution is -0.138. The Labute approximate surface area is 125 Å². The summed E-state index contributed by atoms with van der Waals surface area (Å²) < 4.78 is 43.4. The van der Waals surface area contributed by atoms with Crippen molar-refractivity contribution in [2.24, 2.45) is 0 Å². The molecule has 114 valence electrons. The van der Waals surface area contributed by atoms with Crippen molar-refractivity contribution in [3.8, 4) is 5.75 Å². The molecule has 2 rings (SSSR count). The molecule has 0 fully saturated rings. The largest absolute Gasteiger partial charge is 0.496 e. The van der Waals surface area contributed by atoms with Gasteiger partial charge in [0.2, 0.25) is 0 Å². The summed E-state index contributed by atoms with van der Waals surface area (Å²) in [5.74, 6) is -0.812. The number of methoxy groups -OCH3 is 1. The lowest BCUT2D eigenvalue weighted by atomic mass is 10.0. The Morgan fingerprint density at radius 3 is 2.36 bits per heavy atom. The van der Waals surface area contributed by atoms with Gasteiger partial charge in [0.25, 0.3) is 0 Å². The van der Waals surface area contributed by atoms with Crippen molar-refractivity contribution in [2.75, 3.05) is 7.11 Å². The minimum absolute atomic E-state index is 0.0414. The summed E-state index contributed by atoms with van der Waals surface area (Å²) in [5, 5.41) is 0. The summed E-state index contributed by atoms with van der Waals surface area (Å²) in [6, 6.07) is 12.3. The van der Waals surface area contributed by atoms with E-state index in [0.717, 1.165) is 24.8 Å². The highest BCUT2D eigenvalue weighted by Gasteiger charge is 2.34. The Morgan fingerprint density at radius 2 is 1.77 bits per heavy atom. The second kappa shape index (κ2) is 6.47. The molecule has 0 N–H and O–H groups in total. The number of ketones is 1. The van der Waals surface area contributed by atoms with Crippen LogP contribution < -0.4 is 4.74 Å². The molecule has 0 aromatic heterocycles. The van der Waals surface area contributed by atoms with Gasteiger partial charge in [0, 0.05) is 5.56 Å². The zero-order valence-corrected chi connectivity index (χ0v) is 11.7. The standard InChI is InChI=1S/C17H13F3O2/c1-22-16-10-8-13(11-14(16)17(18,19)20)15(21)9-7-12-5-3-2-4-6-12/h2-11H,1H3. The van der Waals surface area contributed by atoms with Gasteiger partial charge in [-0.05, 0) is 29.8 Å². The van der Waals surface area contributed by atoms with Crippen LogP contribution in [0.1, 0.15) is 21.5 Å². The van der Waals surface area contributed by atoms with Gasteiger partial charge < -0.3 is 4.74 Å². The number of benzene rings is 2. The molecule has 0 aliphatic heterocycles. The topological polar surface area (TPSA) is 26.3 Å². The normalized spacial score (nSPS) is 11.6. The zero-order chi connectivity index (χ0) is 16.2. The van der Waals surface area contributed by atoms with Crippen molar-refractivity contribution in [3.63, 3.8) is 0 Å². The van der Waals surface area contributed by atoms with Crippen molar-refractivity contribution < 1.29 is 22.7 Å². The summed E-state index contributed by atoms with van der Waals surface area (Å²) >= 11 is 0. The molecule has 0 heterocycles. The van der Waals surface area contributed by atoms with Crippen LogP contribution in [0.3, 0.4) is 0 Å². The maximum atomic E-state index is 12.9. The maximum Gasteiger partial charge on any atom is 0.419 e. The van der Waals surface area contributed by atoms with Crippen molar-refractivity contribution in [2.45, 2.75) is 6.18 Å². The minimum Gasteiger partial charge on any atom is -0.496 e. The number of ether oxygens (including phenoxy) is 1. The molecule has 0 atom stereocenters. The molecule has 0 radical (unpaired) electrons. The van der Waals surface area contributed by atoms with E-state index in [1.54, 1.807) is 30.3 Å². The molecule has 2 aromatic carbocycles. The lowest BCUT2D eigenvalue weighted by Crippen LogP contribution is -2.09. The van der Waals surface area contributed by atoms with Crippen molar-refractivity contribution in [1.82, 2.24) is 0 Å². The van der Waals surface area contributed by atoms with E-state index in [0.29, 0.717) is 0 Å². The van der Waals surface area contributed by atoms with Crippen molar-refractivity contribution >= 4 is 11.9 Å². The third kappa shape index (κ3) is 3.75. The zero-order valence-electron chi connectivity index (χ0n) is 11.7. The van der Waals surface area contributed by atoms with Crippen LogP contribution in [-0.4, -0.2) is 12.9 Å². The molecule has 0 unspecified atom stereocenters. The monoisotopic (exact) mass is 306 g/mol. The minimum atomic E-state index is -4.58. The van der Waals surface area contributed by atoms with Gasteiger partial charge in [-0.25, -0.2) is 0 Å². The van der Waals surface area contributed by atoms with Gasteiger partial charge in [0.15, 0.2) is 5.78 Å². The van der Waals surface area contributed by atoms with E-state index in [9.17, 15) is 18.0 Å². The number of carbonyl (C=O) groups is 1. The fraction of sp³-hybridized carbons (Fsp3) is 0.118. The predicted molar refractivity (Wildman–Crippen MR) is 77.8 cm³/mol. The smallest absolute Gasteiger partial charge is 0.419 e. The molecule has 0 aliphatic carbocycles. The Balaban J connectivity index is 2.29. The van der Waals surface area contributed by atoms with Gasteiger partial charge in [-0.15, -0.1) is 0 Å². The summed E-state index contributed by atoms with van der Waals surface area (Å²) in [6.45, 7) is 0. The van der Waals surface area contributed by atoms with Crippen LogP contribution in [-0.2, 0) is 6.18 Å². The molecule has 0 amide bonds. The number of hydrogen-bond acceptors (Lipinski definition) is 2. The van der Waals surface area contributed by atoms with E-state index in [1.165, 1.54) is 12.1 Å². The first-order chi connectivity index (χ1) is 10.4. The average molecular weight is 306 g/mol. The van der Waals surface area contributed by atoms with E-state index < -0.39 is 17.5 Å². The van der Waals surface area contributed by atoms with E-state index >= 15 is 0 Å². The summed E-state index contributed by atoms with van der Waals surface area (Å²) in [7, 11) is 1.15. The maximum absolute atomic E-state index is 12.9. The number of hydrogen-bond donors (Lipinski definition) is 0. The van der Waals surface area contributed by atoms with Crippen LogP contribution in [0, 0.1) is 0 Å². The Morgan fingerprint density at radius 1 is 1.09 bits per heavy atom. The molecule has 0 spiro atoms. The first kappa shape index (κ1) is 15.8. The number of alkyl halides is 3. The molecule has 0 aliphatic rings. The Bertz CT molecular complexity index is 689. The van der Waals surface area contributed by atoms with Gasteiger partial charge in [0.05, 0.1) is 12.7 Å².